The van der Waals surface area contributed by atoms with Crippen LogP contribution in [-0.4, -0.2) is 11.5 Å². The highest BCUT2D eigenvalue weighted by atomic mass is 14.7. The van der Waals surface area contributed by atoms with Gasteiger partial charge in [-0.2, -0.15) is 0 Å². The largest absolute Gasteiger partial charge is 0.361 e. The van der Waals surface area contributed by atoms with E-state index in [1.807, 2.05) is 6.07 Å². The average Bonchev–Trinajstić information content (AvgIpc) is 2.58. The summed E-state index contributed by atoms with van der Waals surface area (Å²) < 4.78 is 0. The summed E-state index contributed by atoms with van der Waals surface area (Å²) >= 11 is 0. The van der Waals surface area contributed by atoms with Crippen molar-refractivity contribution < 1.29 is 0 Å². The lowest BCUT2D eigenvalue weighted by Crippen LogP contribution is -2.00. The van der Waals surface area contributed by atoms with Gasteiger partial charge in [0.15, 0.2) is 0 Å². The van der Waals surface area contributed by atoms with E-state index < -0.39 is 0 Å². The lowest BCUT2D eigenvalue weighted by Gasteiger charge is -1.95. The van der Waals surface area contributed by atoms with Gasteiger partial charge in [0.05, 0.1) is 0 Å². The molecule has 0 bridgehead atoms. The Kier molecular flexibility index (Phi) is 2.32. The normalized spacial score (nSPS) is 10.8. The summed E-state index contributed by atoms with van der Waals surface area (Å²) in [5.74, 6) is 0. The SMILES string of the molecule is NC[CH]Cc1c[nH]c2ccccc12. The number of nitrogens with one attached hydrogen (secondary N) is 1. The minimum Gasteiger partial charge on any atom is -0.361 e. The summed E-state index contributed by atoms with van der Waals surface area (Å²) in [4.78, 5) is 3.24. The zero-order valence-corrected chi connectivity index (χ0v) is 7.46. The average molecular weight is 173 g/mol. The first-order valence-electron chi connectivity index (χ1n) is 4.48. The van der Waals surface area contributed by atoms with E-state index in [1.165, 1.54) is 16.5 Å². The Bertz CT molecular complexity index is 390. The number of H-pyrrole nitrogens is 1. The Labute approximate surface area is 77.8 Å². The molecule has 0 spiro atoms. The molecule has 2 heteroatoms. The standard InChI is InChI=1S/C11H13N2/c12-7-3-4-9-8-13-11-6-2-1-5-10(9)11/h1-3,5-6,8,13H,4,7,12H2. The van der Waals surface area contributed by atoms with Crippen LogP contribution in [0.1, 0.15) is 5.56 Å². The van der Waals surface area contributed by atoms with Crippen LogP contribution in [0.5, 0.6) is 0 Å². The van der Waals surface area contributed by atoms with Gasteiger partial charge in [-0.25, -0.2) is 0 Å². The molecule has 1 radical (unpaired) electrons. The van der Waals surface area contributed by atoms with Gasteiger partial charge in [-0.15, -0.1) is 0 Å². The molecule has 0 fully saturated rings. The van der Waals surface area contributed by atoms with Crippen LogP contribution < -0.4 is 5.73 Å². The van der Waals surface area contributed by atoms with Crippen LogP contribution in [0.2, 0.25) is 0 Å². The number of benzene rings is 1. The molecule has 1 heterocycles. The van der Waals surface area contributed by atoms with Crippen LogP contribution in [-0.2, 0) is 6.42 Å². The molecule has 67 valence electrons. The predicted octanol–water partition coefficient (Wildman–Crippen LogP) is 1.87. The second-order valence-corrected chi connectivity index (χ2v) is 3.09. The van der Waals surface area contributed by atoms with Gasteiger partial charge in [-0.05, 0) is 31.0 Å². The van der Waals surface area contributed by atoms with Gasteiger partial charge in [-0.1, -0.05) is 18.2 Å². The maximum atomic E-state index is 5.42. The highest BCUT2D eigenvalue weighted by molar-refractivity contribution is 5.83. The number of aromatic amines is 1. The van der Waals surface area contributed by atoms with Gasteiger partial charge in [0.25, 0.3) is 0 Å². The number of hydrogen-bond acceptors (Lipinski definition) is 1. The maximum absolute atomic E-state index is 5.42. The first-order valence-corrected chi connectivity index (χ1v) is 4.48. The van der Waals surface area contributed by atoms with Crippen molar-refractivity contribution in [1.82, 2.24) is 4.98 Å². The summed E-state index contributed by atoms with van der Waals surface area (Å²) in [6.45, 7) is 0.638. The highest BCUT2D eigenvalue weighted by Crippen LogP contribution is 2.18. The van der Waals surface area contributed by atoms with Gasteiger partial charge in [0.1, 0.15) is 0 Å². The van der Waals surface area contributed by atoms with E-state index in [1.54, 1.807) is 0 Å². The van der Waals surface area contributed by atoms with Crippen molar-refractivity contribution in [2.24, 2.45) is 5.73 Å². The van der Waals surface area contributed by atoms with E-state index in [9.17, 15) is 0 Å². The van der Waals surface area contributed by atoms with E-state index >= 15 is 0 Å². The third-order valence-corrected chi connectivity index (χ3v) is 2.21. The molecule has 2 rings (SSSR count). The van der Waals surface area contributed by atoms with Crippen LogP contribution in [0, 0.1) is 6.42 Å². The number of hydrogen-bond donors (Lipinski definition) is 2. The van der Waals surface area contributed by atoms with Gasteiger partial charge < -0.3 is 10.7 Å². The number of rotatable bonds is 3. The van der Waals surface area contributed by atoms with E-state index in [0.717, 1.165) is 6.42 Å². The zero-order chi connectivity index (χ0) is 9.10. The minimum absolute atomic E-state index is 0.638. The van der Waals surface area contributed by atoms with Crippen LogP contribution in [0.3, 0.4) is 0 Å². The van der Waals surface area contributed by atoms with Crippen LogP contribution >= 0.6 is 0 Å². The Balaban J connectivity index is 2.35. The first kappa shape index (κ1) is 8.32. The van der Waals surface area contributed by atoms with Crippen LogP contribution in [0.4, 0.5) is 0 Å². The fourth-order valence-electron chi connectivity index (χ4n) is 1.54. The van der Waals surface area contributed by atoms with Crippen molar-refractivity contribution in [3.8, 4) is 0 Å². The van der Waals surface area contributed by atoms with Crippen molar-refractivity contribution in [3.63, 3.8) is 0 Å². The minimum atomic E-state index is 0.638. The van der Waals surface area contributed by atoms with Crippen molar-refractivity contribution in [2.45, 2.75) is 6.42 Å². The summed E-state index contributed by atoms with van der Waals surface area (Å²) in [6.07, 6.45) is 5.08. The molecular weight excluding hydrogens is 160 g/mol. The monoisotopic (exact) mass is 173 g/mol. The number of fused-ring (bicyclic) bond motifs is 1. The summed E-state index contributed by atoms with van der Waals surface area (Å²) in [5, 5.41) is 1.30. The second-order valence-electron chi connectivity index (χ2n) is 3.09. The molecule has 0 aliphatic heterocycles. The second kappa shape index (κ2) is 3.62. The van der Waals surface area contributed by atoms with Crippen molar-refractivity contribution >= 4 is 10.9 Å². The molecule has 0 aliphatic rings. The number of para-hydroxylation sites is 1. The van der Waals surface area contributed by atoms with Gasteiger partial charge in [0.2, 0.25) is 0 Å². The maximum Gasteiger partial charge on any atom is 0.0456 e. The molecule has 0 aliphatic carbocycles. The fraction of sp³-hybridized carbons (Fsp3) is 0.182. The number of aromatic nitrogens is 1. The Hall–Kier alpha value is -1.28. The van der Waals surface area contributed by atoms with Gasteiger partial charge in [0, 0.05) is 17.1 Å². The molecule has 0 saturated carbocycles. The molecule has 1 aromatic carbocycles. The zero-order valence-electron chi connectivity index (χ0n) is 7.46. The molecule has 0 atom stereocenters. The third kappa shape index (κ3) is 1.58. The van der Waals surface area contributed by atoms with Gasteiger partial charge in [-0.3, -0.25) is 0 Å². The van der Waals surface area contributed by atoms with Crippen molar-refractivity contribution in [1.29, 1.82) is 0 Å². The molecule has 13 heavy (non-hydrogen) atoms. The van der Waals surface area contributed by atoms with Gasteiger partial charge >= 0.3 is 0 Å². The van der Waals surface area contributed by atoms with E-state index in [2.05, 4.69) is 35.8 Å². The van der Waals surface area contributed by atoms with E-state index in [4.69, 9.17) is 5.73 Å². The Morgan fingerprint density at radius 3 is 3.00 bits per heavy atom. The Morgan fingerprint density at radius 2 is 2.15 bits per heavy atom. The molecular formula is C11H13N2. The predicted molar refractivity (Wildman–Crippen MR) is 55.4 cm³/mol. The lowest BCUT2D eigenvalue weighted by molar-refractivity contribution is 1.04. The quantitative estimate of drug-likeness (QED) is 0.731. The fourth-order valence-corrected chi connectivity index (χ4v) is 1.54. The smallest absolute Gasteiger partial charge is 0.0456 e. The molecule has 1 aromatic heterocycles. The van der Waals surface area contributed by atoms with Crippen LogP contribution in [0.25, 0.3) is 10.9 Å². The first-order chi connectivity index (χ1) is 6.42. The molecule has 0 unspecified atom stereocenters. The molecule has 3 N–H and O–H groups in total. The molecule has 0 saturated heterocycles. The lowest BCUT2D eigenvalue weighted by atomic mass is 10.1. The van der Waals surface area contributed by atoms with Crippen molar-refractivity contribution in [2.75, 3.05) is 6.54 Å². The molecule has 2 nitrogen and oxygen atoms in total. The Morgan fingerprint density at radius 1 is 1.31 bits per heavy atom. The van der Waals surface area contributed by atoms with Crippen molar-refractivity contribution in [3.05, 3.63) is 42.4 Å². The molecule has 2 aromatic rings. The third-order valence-electron chi connectivity index (χ3n) is 2.21. The summed E-state index contributed by atoms with van der Waals surface area (Å²) in [7, 11) is 0. The van der Waals surface area contributed by atoms with E-state index in [0.29, 0.717) is 6.54 Å². The summed E-state index contributed by atoms with van der Waals surface area (Å²) in [6, 6.07) is 8.31. The molecule has 0 amide bonds. The van der Waals surface area contributed by atoms with E-state index in [-0.39, 0.29) is 0 Å². The summed E-state index contributed by atoms with van der Waals surface area (Å²) in [5.41, 5.74) is 7.94. The van der Waals surface area contributed by atoms with Crippen LogP contribution in [0.15, 0.2) is 30.5 Å². The number of nitrogens with two attached hydrogens (primary N) is 1. The highest BCUT2D eigenvalue weighted by Gasteiger charge is 2.00. The topological polar surface area (TPSA) is 41.8 Å².